The van der Waals surface area contributed by atoms with Crippen LogP contribution in [-0.4, -0.2) is 66.0 Å². The van der Waals surface area contributed by atoms with Crippen LogP contribution in [0.15, 0.2) is 24.3 Å². The zero-order valence-electron chi connectivity index (χ0n) is 16.9. The summed E-state index contributed by atoms with van der Waals surface area (Å²) in [6, 6.07) is 6.98. The summed E-state index contributed by atoms with van der Waals surface area (Å²) in [4.78, 5) is 40.2. The van der Waals surface area contributed by atoms with Gasteiger partial charge in [0.15, 0.2) is 0 Å². The summed E-state index contributed by atoms with van der Waals surface area (Å²) in [7, 11) is 0. The van der Waals surface area contributed by atoms with Crippen LogP contribution in [0, 0.1) is 5.92 Å². The number of rotatable bonds is 6. The molecule has 1 aromatic rings. The van der Waals surface area contributed by atoms with E-state index in [1.165, 1.54) is 4.90 Å². The van der Waals surface area contributed by atoms with Crippen molar-refractivity contribution in [1.82, 2.24) is 15.1 Å². The van der Waals surface area contributed by atoms with Gasteiger partial charge in [0.2, 0.25) is 0 Å². The molecule has 1 aromatic carbocycles. The summed E-state index contributed by atoms with van der Waals surface area (Å²) in [6.07, 6.45) is 1.39. The van der Waals surface area contributed by atoms with Crippen molar-refractivity contribution >= 4 is 17.9 Å². The minimum absolute atomic E-state index is 0.193. The summed E-state index contributed by atoms with van der Waals surface area (Å²) in [5.74, 6) is 0.00902. The number of alkyl carbamates (subject to hydrolysis) is 1. The molecule has 0 aliphatic carbocycles. The molecule has 2 aliphatic rings. The third-order valence-electron chi connectivity index (χ3n) is 5.04. The fourth-order valence-electron chi connectivity index (χ4n) is 3.72. The van der Waals surface area contributed by atoms with E-state index in [1.807, 2.05) is 20.8 Å². The molecular formula is C21H29N3O4. The number of nitrogens with zero attached hydrogens (tertiary/aromatic N) is 2. The number of carbonyl (C=O) groups excluding carboxylic acids is 3. The predicted octanol–water partition coefficient (Wildman–Crippen LogP) is 2.52. The largest absolute Gasteiger partial charge is 0.444 e. The van der Waals surface area contributed by atoms with Crippen molar-refractivity contribution in [2.24, 2.45) is 5.92 Å². The van der Waals surface area contributed by atoms with E-state index in [-0.39, 0.29) is 17.9 Å². The first-order valence-electron chi connectivity index (χ1n) is 9.89. The van der Waals surface area contributed by atoms with Gasteiger partial charge in [-0.3, -0.25) is 14.5 Å². The molecule has 0 bridgehead atoms. The Morgan fingerprint density at radius 1 is 1.14 bits per heavy atom. The van der Waals surface area contributed by atoms with Gasteiger partial charge in [-0.25, -0.2) is 4.79 Å². The molecule has 1 atom stereocenters. The van der Waals surface area contributed by atoms with Crippen LogP contribution in [0.1, 0.15) is 54.3 Å². The Morgan fingerprint density at radius 2 is 1.79 bits per heavy atom. The maximum atomic E-state index is 12.4. The monoisotopic (exact) mass is 387 g/mol. The van der Waals surface area contributed by atoms with Crippen molar-refractivity contribution in [2.45, 2.75) is 39.2 Å². The van der Waals surface area contributed by atoms with Gasteiger partial charge in [0, 0.05) is 19.6 Å². The summed E-state index contributed by atoms with van der Waals surface area (Å²) in [6.45, 7) is 9.26. The number of amides is 3. The minimum Gasteiger partial charge on any atom is -0.444 e. The predicted molar refractivity (Wildman–Crippen MR) is 105 cm³/mol. The minimum atomic E-state index is -0.490. The molecular weight excluding hydrogens is 358 g/mol. The number of imide groups is 1. The molecule has 2 heterocycles. The van der Waals surface area contributed by atoms with Crippen molar-refractivity contribution in [2.75, 3.05) is 32.7 Å². The first-order valence-corrected chi connectivity index (χ1v) is 9.89. The number of benzene rings is 1. The van der Waals surface area contributed by atoms with Gasteiger partial charge in [0.1, 0.15) is 5.60 Å². The van der Waals surface area contributed by atoms with E-state index in [4.69, 9.17) is 4.74 Å². The normalized spacial score (nSPS) is 19.8. The van der Waals surface area contributed by atoms with Crippen LogP contribution in [0.4, 0.5) is 4.79 Å². The van der Waals surface area contributed by atoms with Crippen molar-refractivity contribution in [3.63, 3.8) is 0 Å². The molecule has 0 radical (unpaired) electrons. The highest BCUT2D eigenvalue weighted by atomic mass is 16.6. The lowest BCUT2D eigenvalue weighted by Crippen LogP contribution is -2.36. The van der Waals surface area contributed by atoms with Gasteiger partial charge in [0.05, 0.1) is 11.1 Å². The second-order valence-electron chi connectivity index (χ2n) is 8.50. The average molecular weight is 387 g/mol. The molecule has 0 aromatic heterocycles. The van der Waals surface area contributed by atoms with Crippen molar-refractivity contribution in [3.05, 3.63) is 35.4 Å². The molecule has 1 fully saturated rings. The first kappa shape index (κ1) is 20.3. The van der Waals surface area contributed by atoms with Gasteiger partial charge < -0.3 is 15.0 Å². The SMILES string of the molecule is CC(C)(C)OC(=O)NC[C@H]1CCN(CCCN2C(=O)c3ccccc3C2=O)C1. The molecule has 28 heavy (non-hydrogen) atoms. The molecule has 0 saturated carbocycles. The lowest BCUT2D eigenvalue weighted by atomic mass is 10.1. The second-order valence-corrected chi connectivity index (χ2v) is 8.50. The van der Waals surface area contributed by atoms with E-state index >= 15 is 0 Å². The molecule has 3 amide bonds. The lowest BCUT2D eigenvalue weighted by molar-refractivity contribution is 0.0519. The summed E-state index contributed by atoms with van der Waals surface area (Å²) < 4.78 is 5.26. The van der Waals surface area contributed by atoms with E-state index < -0.39 is 5.60 Å². The van der Waals surface area contributed by atoms with Gasteiger partial charge >= 0.3 is 6.09 Å². The van der Waals surface area contributed by atoms with Gasteiger partial charge in [-0.15, -0.1) is 0 Å². The van der Waals surface area contributed by atoms with Crippen LogP contribution < -0.4 is 5.32 Å². The maximum Gasteiger partial charge on any atom is 0.407 e. The number of hydrogen-bond acceptors (Lipinski definition) is 5. The third kappa shape index (κ3) is 4.90. The molecule has 7 heteroatoms. The van der Waals surface area contributed by atoms with Crippen molar-refractivity contribution < 1.29 is 19.1 Å². The third-order valence-corrected chi connectivity index (χ3v) is 5.04. The number of carbonyl (C=O) groups is 3. The summed E-state index contributed by atoms with van der Waals surface area (Å²) >= 11 is 0. The highest BCUT2D eigenvalue weighted by Gasteiger charge is 2.34. The van der Waals surface area contributed by atoms with Crippen LogP contribution in [-0.2, 0) is 4.74 Å². The summed E-state index contributed by atoms with van der Waals surface area (Å²) in [5.41, 5.74) is 0.513. The smallest absolute Gasteiger partial charge is 0.407 e. The van der Waals surface area contributed by atoms with Gasteiger partial charge in [-0.1, -0.05) is 12.1 Å². The van der Waals surface area contributed by atoms with Crippen LogP contribution in [0.3, 0.4) is 0 Å². The number of likely N-dealkylation sites (tertiary alicyclic amines) is 1. The van der Waals surface area contributed by atoms with Crippen molar-refractivity contribution in [1.29, 1.82) is 0 Å². The zero-order chi connectivity index (χ0) is 20.3. The van der Waals surface area contributed by atoms with Gasteiger partial charge in [0.25, 0.3) is 11.8 Å². The second kappa shape index (κ2) is 8.31. The Bertz CT molecular complexity index is 721. The maximum absolute atomic E-state index is 12.4. The van der Waals surface area contributed by atoms with Crippen LogP contribution >= 0.6 is 0 Å². The topological polar surface area (TPSA) is 79.0 Å². The van der Waals surface area contributed by atoms with E-state index in [0.717, 1.165) is 32.5 Å². The standard InChI is InChI=1S/C21H29N3O4/c1-21(2,3)28-20(27)22-13-15-9-12-23(14-15)10-6-11-24-18(25)16-7-4-5-8-17(16)19(24)26/h4-5,7-8,15H,6,9-14H2,1-3H3,(H,22,27)/t15-/m1/s1. The molecule has 1 saturated heterocycles. The molecule has 0 spiro atoms. The molecule has 7 nitrogen and oxygen atoms in total. The van der Waals surface area contributed by atoms with E-state index in [1.54, 1.807) is 24.3 Å². The molecule has 152 valence electrons. The lowest BCUT2D eigenvalue weighted by Gasteiger charge is -2.21. The average Bonchev–Trinajstić information content (AvgIpc) is 3.17. The van der Waals surface area contributed by atoms with Crippen LogP contribution in [0.2, 0.25) is 0 Å². The van der Waals surface area contributed by atoms with Crippen molar-refractivity contribution in [3.8, 4) is 0 Å². The van der Waals surface area contributed by atoms with Gasteiger partial charge in [-0.05, 0) is 64.8 Å². The van der Waals surface area contributed by atoms with E-state index in [0.29, 0.717) is 30.1 Å². The fraction of sp³-hybridized carbons (Fsp3) is 0.571. The molecule has 0 unspecified atom stereocenters. The number of hydrogen-bond donors (Lipinski definition) is 1. The quantitative estimate of drug-likeness (QED) is 0.759. The Balaban J connectivity index is 1.37. The highest BCUT2D eigenvalue weighted by molar-refractivity contribution is 6.21. The molecule has 3 rings (SSSR count). The van der Waals surface area contributed by atoms with E-state index in [2.05, 4.69) is 10.2 Å². The molecule has 1 N–H and O–H groups in total. The highest BCUT2D eigenvalue weighted by Crippen LogP contribution is 2.23. The number of nitrogens with one attached hydrogen (secondary N) is 1. The first-order chi connectivity index (χ1) is 13.2. The Kier molecular flexibility index (Phi) is 6.03. The van der Waals surface area contributed by atoms with E-state index in [9.17, 15) is 14.4 Å². The molecule has 2 aliphatic heterocycles. The Morgan fingerprint density at radius 3 is 2.39 bits per heavy atom. The Labute approximate surface area is 166 Å². The number of fused-ring (bicyclic) bond motifs is 1. The zero-order valence-corrected chi connectivity index (χ0v) is 16.9. The van der Waals surface area contributed by atoms with Crippen LogP contribution in [0.5, 0.6) is 0 Å². The summed E-state index contributed by atoms with van der Waals surface area (Å²) in [5, 5.41) is 2.84. The van der Waals surface area contributed by atoms with Crippen LogP contribution in [0.25, 0.3) is 0 Å². The Hall–Kier alpha value is -2.41. The number of ether oxygens (including phenoxy) is 1. The fourth-order valence-corrected chi connectivity index (χ4v) is 3.72. The van der Waals surface area contributed by atoms with Gasteiger partial charge in [-0.2, -0.15) is 0 Å².